The lowest BCUT2D eigenvalue weighted by Gasteiger charge is -2.18. The van der Waals surface area contributed by atoms with Crippen LogP contribution in [0.1, 0.15) is 17.2 Å². The van der Waals surface area contributed by atoms with Gasteiger partial charge in [-0.15, -0.1) is 11.3 Å². The van der Waals surface area contributed by atoms with Crippen molar-refractivity contribution in [3.63, 3.8) is 0 Å². The molecule has 5 heteroatoms. The smallest absolute Gasteiger partial charge is 0.0596 e. The Kier molecular flexibility index (Phi) is 4.62. The maximum absolute atomic E-state index is 6.39. The molecule has 0 fully saturated rings. The molecule has 0 aliphatic carbocycles. The van der Waals surface area contributed by atoms with E-state index in [9.17, 15) is 0 Å². The number of nitrogens with one attached hydrogen (secondary N) is 1. The highest BCUT2D eigenvalue weighted by atomic mass is 79.9. The van der Waals surface area contributed by atoms with Gasteiger partial charge in [0, 0.05) is 9.17 Å². The Morgan fingerprint density at radius 2 is 2.00 bits per heavy atom. The number of halogens is 2. The molecule has 108 valence electrons. The van der Waals surface area contributed by atoms with Gasteiger partial charge in [0.15, 0.2) is 0 Å². The quantitative estimate of drug-likeness (QED) is 0.489. The molecule has 0 aliphatic heterocycles. The lowest BCUT2D eigenvalue weighted by molar-refractivity contribution is 0.554. The van der Waals surface area contributed by atoms with Crippen molar-refractivity contribution in [3.05, 3.63) is 68.5 Å². The van der Waals surface area contributed by atoms with Crippen LogP contribution >= 0.6 is 38.9 Å². The monoisotopic (exact) mass is 380 g/mol. The molecule has 3 N–H and O–H groups in total. The molecule has 2 aromatic carbocycles. The molecule has 21 heavy (non-hydrogen) atoms. The van der Waals surface area contributed by atoms with Crippen LogP contribution in [0.25, 0.3) is 10.1 Å². The first-order valence-corrected chi connectivity index (χ1v) is 8.61. The molecule has 2 nitrogen and oxygen atoms in total. The lowest BCUT2D eigenvalue weighted by atomic mass is 9.99. The van der Waals surface area contributed by atoms with E-state index in [-0.39, 0.29) is 6.04 Å². The zero-order valence-corrected chi connectivity index (χ0v) is 14.3. The van der Waals surface area contributed by atoms with Crippen LogP contribution in [0.3, 0.4) is 0 Å². The second kappa shape index (κ2) is 6.46. The van der Waals surface area contributed by atoms with Crippen molar-refractivity contribution in [2.45, 2.75) is 12.5 Å². The third kappa shape index (κ3) is 3.00. The fourth-order valence-corrected chi connectivity index (χ4v) is 4.07. The zero-order valence-electron chi connectivity index (χ0n) is 11.1. The van der Waals surface area contributed by atoms with Crippen molar-refractivity contribution in [3.8, 4) is 0 Å². The number of hydrogen-bond acceptors (Lipinski definition) is 3. The molecule has 0 amide bonds. The Balaban J connectivity index is 1.96. The second-order valence-electron chi connectivity index (χ2n) is 4.82. The Hall–Kier alpha value is -0.910. The maximum atomic E-state index is 6.39. The van der Waals surface area contributed by atoms with Gasteiger partial charge in [0.05, 0.1) is 11.1 Å². The molecule has 1 atom stereocenters. The molecule has 0 aliphatic rings. The standard InChI is InChI=1S/C16H14BrClN2S/c17-13-6-3-5-12(16(13)18)14(20-19)8-10-9-21-15-7-2-1-4-11(10)15/h1-7,9,14,20H,8,19H2. The van der Waals surface area contributed by atoms with Gasteiger partial charge in [0.1, 0.15) is 0 Å². The number of nitrogens with two attached hydrogens (primary N) is 1. The van der Waals surface area contributed by atoms with Crippen molar-refractivity contribution in [2.75, 3.05) is 0 Å². The first-order chi connectivity index (χ1) is 10.2. The largest absolute Gasteiger partial charge is 0.271 e. The molecule has 0 saturated heterocycles. The summed E-state index contributed by atoms with van der Waals surface area (Å²) >= 11 is 11.6. The Bertz CT molecular complexity index is 772. The molecule has 1 unspecified atom stereocenters. The minimum atomic E-state index is -0.0204. The summed E-state index contributed by atoms with van der Waals surface area (Å²) in [6, 6.07) is 14.3. The van der Waals surface area contributed by atoms with Crippen molar-refractivity contribution < 1.29 is 0 Å². The van der Waals surface area contributed by atoms with Gasteiger partial charge in [-0.25, -0.2) is 0 Å². The van der Waals surface area contributed by atoms with E-state index in [4.69, 9.17) is 17.4 Å². The highest BCUT2D eigenvalue weighted by Crippen LogP contribution is 2.34. The van der Waals surface area contributed by atoms with E-state index in [0.29, 0.717) is 5.02 Å². The van der Waals surface area contributed by atoms with E-state index in [2.05, 4.69) is 51.0 Å². The van der Waals surface area contributed by atoms with Crippen molar-refractivity contribution in [1.29, 1.82) is 0 Å². The van der Waals surface area contributed by atoms with E-state index >= 15 is 0 Å². The first kappa shape index (κ1) is 15.0. The van der Waals surface area contributed by atoms with E-state index in [1.165, 1.54) is 15.6 Å². The summed E-state index contributed by atoms with van der Waals surface area (Å²) in [5, 5.41) is 4.19. The van der Waals surface area contributed by atoms with Crippen LogP contribution in [0.15, 0.2) is 52.3 Å². The molecule has 3 rings (SSSR count). The topological polar surface area (TPSA) is 38.0 Å². The summed E-state index contributed by atoms with van der Waals surface area (Å²) < 4.78 is 2.18. The number of fused-ring (bicyclic) bond motifs is 1. The average Bonchev–Trinajstić information content (AvgIpc) is 2.91. The van der Waals surface area contributed by atoms with Gasteiger partial charge < -0.3 is 0 Å². The van der Waals surface area contributed by atoms with Crippen molar-refractivity contribution in [2.24, 2.45) is 5.84 Å². The number of hydrazine groups is 1. The lowest BCUT2D eigenvalue weighted by Crippen LogP contribution is -2.29. The molecule has 1 heterocycles. The van der Waals surface area contributed by atoms with E-state index < -0.39 is 0 Å². The SMILES string of the molecule is NNC(Cc1csc2ccccc12)c1cccc(Br)c1Cl. The van der Waals surface area contributed by atoms with Gasteiger partial charge in [0.2, 0.25) is 0 Å². The van der Waals surface area contributed by atoms with E-state index in [1.807, 2.05) is 18.2 Å². The van der Waals surface area contributed by atoms with Crippen LogP contribution in [0.2, 0.25) is 5.02 Å². The van der Waals surface area contributed by atoms with Gasteiger partial charge in [0.25, 0.3) is 0 Å². The molecule has 0 saturated carbocycles. The van der Waals surface area contributed by atoms with E-state index in [0.717, 1.165) is 16.5 Å². The van der Waals surface area contributed by atoms with Crippen LogP contribution in [-0.4, -0.2) is 0 Å². The predicted octanol–water partition coefficient (Wildman–Crippen LogP) is 5.06. The Labute approximate surface area is 141 Å². The van der Waals surface area contributed by atoms with Gasteiger partial charge in [-0.1, -0.05) is 41.9 Å². The highest BCUT2D eigenvalue weighted by molar-refractivity contribution is 9.10. The summed E-state index contributed by atoms with van der Waals surface area (Å²) in [6.45, 7) is 0. The fraction of sp³-hybridized carbons (Fsp3) is 0.125. The van der Waals surface area contributed by atoms with Crippen LogP contribution < -0.4 is 11.3 Å². The first-order valence-electron chi connectivity index (χ1n) is 6.56. The molecule has 0 spiro atoms. The molecule has 3 aromatic rings. The zero-order chi connectivity index (χ0) is 14.8. The van der Waals surface area contributed by atoms with Crippen LogP contribution in [0.5, 0.6) is 0 Å². The molecule has 0 radical (unpaired) electrons. The number of hydrogen-bond donors (Lipinski definition) is 2. The summed E-state index contributed by atoms with van der Waals surface area (Å²) in [5.41, 5.74) is 5.18. The summed E-state index contributed by atoms with van der Waals surface area (Å²) in [6.07, 6.45) is 0.802. The van der Waals surface area contributed by atoms with Crippen molar-refractivity contribution >= 4 is 49.0 Å². The summed E-state index contributed by atoms with van der Waals surface area (Å²) in [5.74, 6) is 5.76. The average molecular weight is 382 g/mol. The molecular formula is C16H14BrClN2S. The third-order valence-electron chi connectivity index (χ3n) is 3.54. The third-order valence-corrected chi connectivity index (χ3v) is 5.87. The maximum Gasteiger partial charge on any atom is 0.0596 e. The fourth-order valence-electron chi connectivity index (χ4n) is 2.46. The second-order valence-corrected chi connectivity index (χ2v) is 6.97. The summed E-state index contributed by atoms with van der Waals surface area (Å²) in [4.78, 5) is 0. The predicted molar refractivity (Wildman–Crippen MR) is 94.7 cm³/mol. The normalized spacial score (nSPS) is 12.7. The molecule has 1 aromatic heterocycles. The Morgan fingerprint density at radius 1 is 1.19 bits per heavy atom. The van der Waals surface area contributed by atoms with Crippen LogP contribution in [0, 0.1) is 0 Å². The number of rotatable bonds is 4. The summed E-state index contributed by atoms with van der Waals surface area (Å²) in [7, 11) is 0. The van der Waals surface area contributed by atoms with Gasteiger partial charge in [-0.05, 0) is 56.4 Å². The number of thiophene rings is 1. The molecule has 0 bridgehead atoms. The van der Waals surface area contributed by atoms with E-state index in [1.54, 1.807) is 11.3 Å². The number of benzene rings is 2. The van der Waals surface area contributed by atoms with Crippen LogP contribution in [0.4, 0.5) is 0 Å². The minimum absolute atomic E-state index is 0.0204. The van der Waals surface area contributed by atoms with Gasteiger partial charge in [-0.2, -0.15) is 0 Å². The highest BCUT2D eigenvalue weighted by Gasteiger charge is 2.17. The van der Waals surface area contributed by atoms with Crippen LogP contribution in [-0.2, 0) is 6.42 Å². The Morgan fingerprint density at radius 3 is 2.81 bits per heavy atom. The minimum Gasteiger partial charge on any atom is -0.271 e. The molecular weight excluding hydrogens is 368 g/mol. The van der Waals surface area contributed by atoms with Crippen molar-refractivity contribution in [1.82, 2.24) is 5.43 Å². The van der Waals surface area contributed by atoms with Gasteiger partial charge in [-0.3, -0.25) is 11.3 Å². The van der Waals surface area contributed by atoms with Gasteiger partial charge >= 0.3 is 0 Å².